The topological polar surface area (TPSA) is 89.9 Å². The molecular formula is C16H19N5O2. The van der Waals surface area contributed by atoms with Crippen molar-refractivity contribution in [1.82, 2.24) is 25.3 Å². The summed E-state index contributed by atoms with van der Waals surface area (Å²) >= 11 is 0. The van der Waals surface area contributed by atoms with Crippen LogP contribution in [0.4, 0.5) is 0 Å². The van der Waals surface area contributed by atoms with E-state index in [9.17, 15) is 4.79 Å². The Balaban J connectivity index is 1.60. The van der Waals surface area contributed by atoms with Crippen LogP contribution in [0.5, 0.6) is 0 Å². The van der Waals surface area contributed by atoms with E-state index < -0.39 is 5.60 Å². The molecule has 3 rings (SSSR count). The number of hydrogen-bond donors (Lipinski definition) is 1. The number of hydrogen-bond acceptors (Lipinski definition) is 6. The minimum Gasteiger partial charge on any atom is -0.367 e. The summed E-state index contributed by atoms with van der Waals surface area (Å²) in [5.41, 5.74) is 0.412. The van der Waals surface area contributed by atoms with E-state index in [0.29, 0.717) is 12.4 Å². The van der Waals surface area contributed by atoms with Crippen LogP contribution < -0.4 is 5.32 Å². The molecule has 1 aliphatic rings. The van der Waals surface area contributed by atoms with Crippen molar-refractivity contribution >= 4 is 5.91 Å². The van der Waals surface area contributed by atoms with Gasteiger partial charge in [-0.25, -0.2) is 19.9 Å². The molecule has 0 radical (unpaired) electrons. The van der Waals surface area contributed by atoms with Crippen molar-refractivity contribution in [3.63, 3.8) is 0 Å². The summed E-state index contributed by atoms with van der Waals surface area (Å²) in [6.07, 6.45) is 9.63. The molecule has 0 aliphatic carbocycles. The molecule has 0 saturated carbocycles. The predicted molar refractivity (Wildman–Crippen MR) is 82.4 cm³/mol. The maximum absolute atomic E-state index is 11.9. The molecule has 1 unspecified atom stereocenters. The van der Waals surface area contributed by atoms with Crippen molar-refractivity contribution in [3.05, 3.63) is 48.1 Å². The molecule has 1 fully saturated rings. The van der Waals surface area contributed by atoms with Gasteiger partial charge >= 0.3 is 0 Å². The van der Waals surface area contributed by atoms with E-state index in [2.05, 4.69) is 25.3 Å². The zero-order valence-corrected chi connectivity index (χ0v) is 13.0. The first kappa shape index (κ1) is 15.5. The van der Waals surface area contributed by atoms with Gasteiger partial charge in [0.2, 0.25) is 5.82 Å². The van der Waals surface area contributed by atoms with E-state index in [1.807, 2.05) is 6.92 Å². The third-order valence-electron chi connectivity index (χ3n) is 3.87. The first-order valence-electron chi connectivity index (χ1n) is 7.68. The molecule has 7 heteroatoms. The summed E-state index contributed by atoms with van der Waals surface area (Å²) in [7, 11) is 0. The summed E-state index contributed by atoms with van der Waals surface area (Å²) in [4.78, 5) is 28.5. The van der Waals surface area contributed by atoms with Crippen LogP contribution in [0.1, 0.15) is 48.2 Å². The third kappa shape index (κ3) is 3.68. The number of nitrogens with zero attached hydrogens (tertiary/aromatic N) is 4. The average Bonchev–Trinajstić information content (AvgIpc) is 2.61. The maximum Gasteiger partial charge on any atom is 0.289 e. The third-order valence-corrected chi connectivity index (χ3v) is 3.87. The van der Waals surface area contributed by atoms with Gasteiger partial charge in [0.15, 0.2) is 5.82 Å². The SMILES string of the molecule is CC1(c2ncc(CNC(=O)c3ncccn3)cn2)CCCCO1. The Morgan fingerprint density at radius 2 is 1.96 bits per heavy atom. The fraction of sp³-hybridized carbons (Fsp3) is 0.438. The lowest BCUT2D eigenvalue weighted by atomic mass is 9.95. The fourth-order valence-corrected chi connectivity index (χ4v) is 2.51. The predicted octanol–water partition coefficient (Wildman–Crippen LogP) is 1.61. The van der Waals surface area contributed by atoms with Crippen LogP contribution in [0.25, 0.3) is 0 Å². The highest BCUT2D eigenvalue weighted by Gasteiger charge is 2.32. The van der Waals surface area contributed by atoms with Crippen LogP contribution in [-0.4, -0.2) is 32.4 Å². The Kier molecular flexibility index (Phi) is 4.57. The van der Waals surface area contributed by atoms with Crippen molar-refractivity contribution in [3.8, 4) is 0 Å². The normalized spacial score (nSPS) is 20.9. The number of ether oxygens (including phenoxy) is 1. The Hall–Kier alpha value is -2.41. The summed E-state index contributed by atoms with van der Waals surface area (Å²) in [6, 6.07) is 1.66. The zero-order chi connectivity index (χ0) is 16.1. The van der Waals surface area contributed by atoms with E-state index in [0.717, 1.165) is 31.4 Å². The summed E-state index contributed by atoms with van der Waals surface area (Å²) in [6.45, 7) is 3.10. The van der Waals surface area contributed by atoms with Gasteiger partial charge in [0, 0.05) is 43.5 Å². The second-order valence-electron chi connectivity index (χ2n) is 5.71. The molecule has 1 atom stereocenters. The average molecular weight is 313 g/mol. The smallest absolute Gasteiger partial charge is 0.289 e. The van der Waals surface area contributed by atoms with Gasteiger partial charge in [-0.2, -0.15) is 0 Å². The molecule has 1 saturated heterocycles. The minimum atomic E-state index is -0.405. The van der Waals surface area contributed by atoms with Crippen molar-refractivity contribution in [2.24, 2.45) is 0 Å². The minimum absolute atomic E-state index is 0.146. The van der Waals surface area contributed by atoms with Crippen molar-refractivity contribution in [1.29, 1.82) is 0 Å². The van der Waals surface area contributed by atoms with Gasteiger partial charge in [0.25, 0.3) is 5.91 Å². The molecule has 120 valence electrons. The standard InChI is InChI=1S/C16H19N5O2/c1-16(5-2-3-8-23-16)15-20-10-12(11-21-15)9-19-14(22)13-17-6-4-7-18-13/h4,6-7,10-11H,2-3,5,8-9H2,1H3,(H,19,22). The Labute approximate surface area is 134 Å². The van der Waals surface area contributed by atoms with Crippen LogP contribution >= 0.6 is 0 Å². The van der Waals surface area contributed by atoms with E-state index in [1.54, 1.807) is 18.5 Å². The largest absolute Gasteiger partial charge is 0.367 e. The molecule has 2 aromatic heterocycles. The van der Waals surface area contributed by atoms with Gasteiger partial charge in [-0.05, 0) is 32.3 Å². The highest BCUT2D eigenvalue weighted by atomic mass is 16.5. The van der Waals surface area contributed by atoms with Gasteiger partial charge in [-0.1, -0.05) is 0 Å². The first-order valence-corrected chi connectivity index (χ1v) is 7.68. The monoisotopic (exact) mass is 313 g/mol. The lowest BCUT2D eigenvalue weighted by molar-refractivity contribution is -0.0760. The molecule has 1 amide bonds. The number of amides is 1. The van der Waals surface area contributed by atoms with Gasteiger partial charge in [0.05, 0.1) is 0 Å². The molecule has 0 spiro atoms. The van der Waals surface area contributed by atoms with E-state index in [1.165, 1.54) is 12.4 Å². The second-order valence-corrected chi connectivity index (χ2v) is 5.71. The molecule has 23 heavy (non-hydrogen) atoms. The molecule has 1 aliphatic heterocycles. The molecule has 7 nitrogen and oxygen atoms in total. The van der Waals surface area contributed by atoms with Crippen molar-refractivity contribution in [2.45, 2.75) is 38.3 Å². The zero-order valence-electron chi connectivity index (χ0n) is 13.0. The summed E-state index contributed by atoms with van der Waals surface area (Å²) in [5.74, 6) is 0.518. The van der Waals surface area contributed by atoms with Gasteiger partial charge in [-0.3, -0.25) is 4.79 Å². The Bertz CT molecular complexity index is 654. The van der Waals surface area contributed by atoms with E-state index >= 15 is 0 Å². The van der Waals surface area contributed by atoms with Crippen LogP contribution in [0.3, 0.4) is 0 Å². The van der Waals surface area contributed by atoms with Gasteiger partial charge in [0.1, 0.15) is 5.60 Å². The van der Waals surface area contributed by atoms with Crippen molar-refractivity contribution < 1.29 is 9.53 Å². The molecule has 2 aromatic rings. The Morgan fingerprint density at radius 3 is 2.61 bits per heavy atom. The number of nitrogens with one attached hydrogen (secondary N) is 1. The van der Waals surface area contributed by atoms with E-state index in [4.69, 9.17) is 4.74 Å². The highest BCUT2D eigenvalue weighted by Crippen LogP contribution is 2.32. The molecule has 1 N–H and O–H groups in total. The van der Waals surface area contributed by atoms with Crippen LogP contribution in [0, 0.1) is 0 Å². The Morgan fingerprint density at radius 1 is 1.22 bits per heavy atom. The molecule has 0 bridgehead atoms. The lowest BCUT2D eigenvalue weighted by Gasteiger charge is -2.32. The quantitative estimate of drug-likeness (QED) is 0.922. The highest BCUT2D eigenvalue weighted by molar-refractivity contribution is 5.90. The molecule has 3 heterocycles. The number of rotatable bonds is 4. The number of carbonyl (C=O) groups is 1. The van der Waals surface area contributed by atoms with Gasteiger partial charge < -0.3 is 10.1 Å². The maximum atomic E-state index is 11.9. The molecule has 0 aromatic carbocycles. The second kappa shape index (κ2) is 6.78. The van der Waals surface area contributed by atoms with Crippen molar-refractivity contribution in [2.75, 3.05) is 6.61 Å². The number of carbonyl (C=O) groups excluding carboxylic acids is 1. The number of aromatic nitrogens is 4. The first-order chi connectivity index (χ1) is 11.2. The van der Waals surface area contributed by atoms with E-state index in [-0.39, 0.29) is 11.7 Å². The summed E-state index contributed by atoms with van der Waals surface area (Å²) < 4.78 is 5.84. The molecular weight excluding hydrogens is 294 g/mol. The summed E-state index contributed by atoms with van der Waals surface area (Å²) in [5, 5.41) is 2.75. The van der Waals surface area contributed by atoms with Crippen LogP contribution in [0.15, 0.2) is 30.9 Å². The van der Waals surface area contributed by atoms with Gasteiger partial charge in [-0.15, -0.1) is 0 Å². The van der Waals surface area contributed by atoms with Crippen LogP contribution in [-0.2, 0) is 16.9 Å². The fourth-order valence-electron chi connectivity index (χ4n) is 2.51. The lowest BCUT2D eigenvalue weighted by Crippen LogP contribution is -2.32. The van der Waals surface area contributed by atoms with Crippen LogP contribution in [0.2, 0.25) is 0 Å².